The van der Waals surface area contributed by atoms with Crippen LogP contribution in [0.2, 0.25) is 0 Å². The van der Waals surface area contributed by atoms with Gasteiger partial charge < -0.3 is 16.0 Å². The minimum atomic E-state index is -0.348. The summed E-state index contributed by atoms with van der Waals surface area (Å²) >= 11 is 0. The van der Waals surface area contributed by atoms with E-state index in [2.05, 4.69) is 20.9 Å². The number of carbonyl (C=O) groups excluding carboxylic acids is 1. The van der Waals surface area contributed by atoms with Crippen molar-refractivity contribution >= 4 is 11.9 Å². The number of halogens is 2. The van der Waals surface area contributed by atoms with E-state index >= 15 is 0 Å². The number of guanidine groups is 1. The fourth-order valence-corrected chi connectivity index (χ4v) is 2.85. The number of amides is 1. The molecule has 0 aromatic heterocycles. The van der Waals surface area contributed by atoms with Crippen molar-refractivity contribution in [1.29, 1.82) is 0 Å². The molecule has 7 heteroatoms. The van der Waals surface area contributed by atoms with Crippen LogP contribution in [0.25, 0.3) is 0 Å². The Kier molecular flexibility index (Phi) is 9.08. The summed E-state index contributed by atoms with van der Waals surface area (Å²) in [6.45, 7) is 6.08. The normalized spacial score (nSPS) is 11.2. The summed E-state index contributed by atoms with van der Waals surface area (Å²) < 4.78 is 26.3. The first kappa shape index (κ1) is 22.3. The predicted molar refractivity (Wildman–Crippen MR) is 112 cm³/mol. The van der Waals surface area contributed by atoms with E-state index in [0.717, 1.165) is 11.1 Å². The van der Waals surface area contributed by atoms with Crippen molar-refractivity contribution in [3.05, 3.63) is 70.8 Å². The van der Waals surface area contributed by atoms with Gasteiger partial charge in [-0.15, -0.1) is 0 Å². The van der Waals surface area contributed by atoms with Gasteiger partial charge in [0.2, 0.25) is 5.91 Å². The zero-order valence-electron chi connectivity index (χ0n) is 16.9. The average Bonchev–Trinajstić information content (AvgIpc) is 2.67. The van der Waals surface area contributed by atoms with Crippen molar-refractivity contribution in [3.8, 4) is 0 Å². The molecule has 0 aliphatic heterocycles. The maximum Gasteiger partial charge on any atom is 0.224 e. The molecule has 29 heavy (non-hydrogen) atoms. The molecule has 0 aliphatic rings. The predicted octanol–water partition coefficient (Wildman–Crippen LogP) is 2.73. The molecule has 0 saturated carbocycles. The molecule has 1 amide bonds. The monoisotopic (exact) mass is 402 g/mol. The largest absolute Gasteiger partial charge is 0.357 e. The number of nitrogens with one attached hydrogen (secondary N) is 3. The van der Waals surface area contributed by atoms with Crippen molar-refractivity contribution in [2.75, 3.05) is 26.2 Å². The van der Waals surface area contributed by atoms with E-state index in [0.29, 0.717) is 44.1 Å². The van der Waals surface area contributed by atoms with Crippen LogP contribution in [0.15, 0.2) is 47.5 Å². The Hall–Kier alpha value is -2.96. The van der Waals surface area contributed by atoms with E-state index in [1.54, 1.807) is 18.2 Å². The highest BCUT2D eigenvalue weighted by Gasteiger charge is 2.04. The number of hydrogen-bond donors (Lipinski definition) is 3. The smallest absolute Gasteiger partial charge is 0.224 e. The zero-order valence-corrected chi connectivity index (χ0v) is 16.9. The summed E-state index contributed by atoms with van der Waals surface area (Å²) in [4.78, 5) is 16.5. The van der Waals surface area contributed by atoms with Gasteiger partial charge in [-0.05, 0) is 61.2 Å². The van der Waals surface area contributed by atoms with Crippen molar-refractivity contribution in [3.63, 3.8) is 0 Å². The summed E-state index contributed by atoms with van der Waals surface area (Å²) in [5.41, 5.74) is 2.62. The lowest BCUT2D eigenvalue weighted by atomic mass is 10.1. The zero-order chi connectivity index (χ0) is 21.1. The van der Waals surface area contributed by atoms with Gasteiger partial charge in [-0.25, -0.2) is 8.78 Å². The molecule has 2 aromatic rings. The van der Waals surface area contributed by atoms with Crippen LogP contribution in [0.3, 0.4) is 0 Å². The van der Waals surface area contributed by atoms with Gasteiger partial charge in [0.25, 0.3) is 0 Å². The molecule has 156 valence electrons. The topological polar surface area (TPSA) is 65.5 Å². The maximum absolute atomic E-state index is 13.2. The minimum absolute atomic E-state index is 0.142. The van der Waals surface area contributed by atoms with Gasteiger partial charge in [-0.1, -0.05) is 18.2 Å². The SMILES string of the molecule is CCNC(=NCCc1ccc(F)cc1C)NCCNC(=O)Cc1cccc(F)c1. The highest BCUT2D eigenvalue weighted by Crippen LogP contribution is 2.10. The summed E-state index contributed by atoms with van der Waals surface area (Å²) in [6, 6.07) is 10.8. The lowest BCUT2D eigenvalue weighted by Gasteiger charge is -2.12. The van der Waals surface area contributed by atoms with E-state index in [-0.39, 0.29) is 24.0 Å². The number of aliphatic imine (C=N–C) groups is 1. The molecular formula is C22H28F2N4O. The van der Waals surface area contributed by atoms with E-state index in [1.807, 2.05) is 13.8 Å². The second kappa shape index (κ2) is 11.8. The number of carbonyl (C=O) groups is 1. The third kappa shape index (κ3) is 8.29. The van der Waals surface area contributed by atoms with Gasteiger partial charge in [0.05, 0.1) is 6.42 Å². The minimum Gasteiger partial charge on any atom is -0.357 e. The number of rotatable bonds is 9. The molecule has 0 aliphatic carbocycles. The van der Waals surface area contributed by atoms with Gasteiger partial charge in [0.1, 0.15) is 11.6 Å². The Morgan fingerprint density at radius 2 is 1.76 bits per heavy atom. The van der Waals surface area contributed by atoms with Crippen LogP contribution in [0.1, 0.15) is 23.6 Å². The van der Waals surface area contributed by atoms with Crippen molar-refractivity contribution < 1.29 is 13.6 Å². The fourth-order valence-electron chi connectivity index (χ4n) is 2.85. The molecule has 0 saturated heterocycles. The van der Waals surface area contributed by atoms with Crippen molar-refractivity contribution in [2.45, 2.75) is 26.7 Å². The second-order valence-corrected chi connectivity index (χ2v) is 6.66. The third-order valence-corrected chi connectivity index (χ3v) is 4.29. The number of aryl methyl sites for hydroxylation is 1. The molecule has 0 radical (unpaired) electrons. The molecule has 2 rings (SSSR count). The molecule has 5 nitrogen and oxygen atoms in total. The Labute approximate surface area is 170 Å². The average molecular weight is 402 g/mol. The van der Waals surface area contributed by atoms with Gasteiger partial charge in [0.15, 0.2) is 5.96 Å². The van der Waals surface area contributed by atoms with Gasteiger partial charge in [-0.3, -0.25) is 9.79 Å². The Morgan fingerprint density at radius 1 is 1.00 bits per heavy atom. The highest BCUT2D eigenvalue weighted by atomic mass is 19.1. The van der Waals surface area contributed by atoms with Gasteiger partial charge in [-0.2, -0.15) is 0 Å². The molecule has 0 heterocycles. The molecular weight excluding hydrogens is 374 g/mol. The summed E-state index contributed by atoms with van der Waals surface area (Å²) in [6.07, 6.45) is 0.857. The van der Waals surface area contributed by atoms with Gasteiger partial charge in [0, 0.05) is 26.2 Å². The molecule has 0 unspecified atom stereocenters. The summed E-state index contributed by atoms with van der Waals surface area (Å²) in [5, 5.41) is 9.12. The molecule has 3 N–H and O–H groups in total. The van der Waals surface area contributed by atoms with Crippen molar-refractivity contribution in [1.82, 2.24) is 16.0 Å². The van der Waals surface area contributed by atoms with Crippen LogP contribution in [0.4, 0.5) is 8.78 Å². The van der Waals surface area contributed by atoms with Crippen molar-refractivity contribution in [2.24, 2.45) is 4.99 Å². The molecule has 2 aromatic carbocycles. The Balaban J connectivity index is 1.73. The first-order valence-corrected chi connectivity index (χ1v) is 9.76. The third-order valence-electron chi connectivity index (χ3n) is 4.29. The van der Waals surface area contributed by atoms with Crippen LogP contribution >= 0.6 is 0 Å². The lowest BCUT2D eigenvalue weighted by molar-refractivity contribution is -0.120. The summed E-state index contributed by atoms with van der Waals surface area (Å²) in [7, 11) is 0. The highest BCUT2D eigenvalue weighted by molar-refractivity contribution is 5.80. The Morgan fingerprint density at radius 3 is 2.48 bits per heavy atom. The van der Waals surface area contributed by atoms with E-state index in [4.69, 9.17) is 0 Å². The molecule has 0 spiro atoms. The van der Waals surface area contributed by atoms with E-state index in [1.165, 1.54) is 24.3 Å². The number of hydrogen-bond acceptors (Lipinski definition) is 2. The first-order chi connectivity index (χ1) is 14.0. The number of nitrogens with zero attached hydrogens (tertiary/aromatic N) is 1. The standard InChI is InChI=1S/C22H28F2N4O/c1-3-25-22(27-10-9-18-7-8-20(24)13-16(18)2)28-12-11-26-21(29)15-17-5-4-6-19(23)14-17/h4-8,13-14H,3,9-12,15H2,1-2H3,(H,26,29)(H2,25,27,28). The lowest BCUT2D eigenvalue weighted by Crippen LogP contribution is -2.41. The maximum atomic E-state index is 13.2. The summed E-state index contributed by atoms with van der Waals surface area (Å²) in [5.74, 6) is -0.0822. The number of benzene rings is 2. The van der Waals surface area contributed by atoms with Crippen LogP contribution < -0.4 is 16.0 Å². The van der Waals surface area contributed by atoms with Crippen LogP contribution in [-0.2, 0) is 17.6 Å². The van der Waals surface area contributed by atoms with Crippen LogP contribution in [0, 0.1) is 18.6 Å². The quantitative estimate of drug-likeness (QED) is 0.343. The molecule has 0 fully saturated rings. The molecule has 0 bridgehead atoms. The van der Waals surface area contributed by atoms with E-state index < -0.39 is 0 Å². The second-order valence-electron chi connectivity index (χ2n) is 6.66. The fraction of sp³-hybridized carbons (Fsp3) is 0.364. The van der Waals surface area contributed by atoms with E-state index in [9.17, 15) is 13.6 Å². The molecule has 0 atom stereocenters. The Bertz CT molecular complexity index is 839. The van der Waals surface area contributed by atoms with Gasteiger partial charge >= 0.3 is 0 Å². The van der Waals surface area contributed by atoms with Crippen LogP contribution in [0.5, 0.6) is 0 Å². The van der Waals surface area contributed by atoms with Crippen LogP contribution in [-0.4, -0.2) is 38.0 Å². The first-order valence-electron chi connectivity index (χ1n) is 9.76.